The molecule has 5 nitrogen and oxygen atoms in total. The van der Waals surface area contributed by atoms with Gasteiger partial charge in [0, 0.05) is 19.4 Å². The minimum Gasteiger partial charge on any atom is -0.508 e. The zero-order valence-corrected chi connectivity index (χ0v) is 21.1. The second-order valence-corrected chi connectivity index (χ2v) is 9.32. The van der Waals surface area contributed by atoms with E-state index in [1.165, 1.54) is 16.7 Å². The van der Waals surface area contributed by atoms with Gasteiger partial charge in [-0.15, -0.1) is 0 Å². The van der Waals surface area contributed by atoms with Crippen LogP contribution in [0, 0.1) is 13.8 Å². The monoisotopic (exact) mass is 473 g/mol. The highest BCUT2D eigenvalue weighted by Crippen LogP contribution is 2.42. The lowest BCUT2D eigenvalue weighted by Crippen LogP contribution is -2.40. The minimum absolute atomic E-state index is 0.155. The van der Waals surface area contributed by atoms with E-state index in [1.54, 1.807) is 19.2 Å². The molecule has 4 rings (SSSR count). The molecule has 1 aliphatic heterocycles. The van der Waals surface area contributed by atoms with Gasteiger partial charge in [0.25, 0.3) is 0 Å². The molecule has 3 aromatic rings. The predicted octanol–water partition coefficient (Wildman–Crippen LogP) is 5.91. The molecule has 1 unspecified atom stereocenters. The van der Waals surface area contributed by atoms with Crippen molar-refractivity contribution in [2.75, 3.05) is 20.3 Å². The van der Waals surface area contributed by atoms with Crippen molar-refractivity contribution in [3.8, 4) is 17.2 Å². The number of amides is 1. The summed E-state index contributed by atoms with van der Waals surface area (Å²) in [7, 11) is 1.66. The van der Waals surface area contributed by atoms with E-state index in [9.17, 15) is 9.90 Å². The van der Waals surface area contributed by atoms with Gasteiger partial charge in [-0.2, -0.15) is 0 Å². The summed E-state index contributed by atoms with van der Waals surface area (Å²) in [4.78, 5) is 15.2. The fraction of sp³-hybridized carbons (Fsp3) is 0.367. The Bertz CT molecular complexity index is 1200. The van der Waals surface area contributed by atoms with Gasteiger partial charge in [-0.1, -0.05) is 42.8 Å². The number of phenols is 1. The number of hydrogen-bond acceptors (Lipinski definition) is 4. The SMILES string of the molecule is CCCC(=O)N1CCc2cc(OC)c(OCCc3cccc(O)c3)cc2C1c1ccc(C)cc1C. The summed E-state index contributed by atoms with van der Waals surface area (Å²) in [5, 5.41) is 9.74. The molecule has 1 amide bonds. The van der Waals surface area contributed by atoms with E-state index in [1.807, 2.05) is 24.0 Å². The lowest BCUT2D eigenvalue weighted by molar-refractivity contribution is -0.133. The van der Waals surface area contributed by atoms with E-state index in [2.05, 4.69) is 44.2 Å². The molecule has 1 aliphatic rings. The van der Waals surface area contributed by atoms with Gasteiger partial charge in [-0.25, -0.2) is 0 Å². The average Bonchev–Trinajstić information content (AvgIpc) is 2.83. The summed E-state index contributed by atoms with van der Waals surface area (Å²) in [6, 6.07) is 17.7. The number of ether oxygens (including phenoxy) is 2. The van der Waals surface area contributed by atoms with Gasteiger partial charge in [0.15, 0.2) is 11.5 Å². The molecule has 0 bridgehead atoms. The quantitative estimate of drug-likeness (QED) is 0.442. The number of carbonyl (C=O) groups is 1. The molecule has 0 aromatic heterocycles. The number of aryl methyl sites for hydroxylation is 2. The summed E-state index contributed by atoms with van der Waals surface area (Å²) in [5.41, 5.74) is 6.83. The molecule has 0 saturated heterocycles. The average molecular weight is 474 g/mol. The zero-order valence-electron chi connectivity index (χ0n) is 21.1. The molecule has 1 N–H and O–H groups in total. The number of phenolic OH excluding ortho intramolecular Hbond substituents is 1. The van der Waals surface area contributed by atoms with Crippen LogP contribution in [0.2, 0.25) is 0 Å². The molecule has 35 heavy (non-hydrogen) atoms. The largest absolute Gasteiger partial charge is 0.508 e. The Balaban J connectivity index is 1.70. The first kappa shape index (κ1) is 24.6. The van der Waals surface area contributed by atoms with Crippen molar-refractivity contribution in [1.82, 2.24) is 4.90 Å². The summed E-state index contributed by atoms with van der Waals surface area (Å²) < 4.78 is 11.9. The van der Waals surface area contributed by atoms with Crippen LogP contribution in [-0.2, 0) is 17.6 Å². The van der Waals surface area contributed by atoms with Gasteiger partial charge in [0.1, 0.15) is 5.75 Å². The van der Waals surface area contributed by atoms with Crippen molar-refractivity contribution in [2.24, 2.45) is 0 Å². The molecule has 184 valence electrons. The Labute approximate surface area is 208 Å². The molecule has 0 aliphatic carbocycles. The van der Waals surface area contributed by atoms with Crippen LogP contribution in [0.25, 0.3) is 0 Å². The van der Waals surface area contributed by atoms with Gasteiger partial charge in [0.2, 0.25) is 5.91 Å². The Morgan fingerprint density at radius 3 is 2.60 bits per heavy atom. The number of nitrogens with zero attached hydrogens (tertiary/aromatic N) is 1. The van der Waals surface area contributed by atoms with Crippen LogP contribution in [0.5, 0.6) is 17.2 Å². The Morgan fingerprint density at radius 2 is 1.89 bits per heavy atom. The molecule has 0 radical (unpaired) electrons. The molecule has 1 atom stereocenters. The van der Waals surface area contributed by atoms with Crippen molar-refractivity contribution in [3.63, 3.8) is 0 Å². The first-order valence-corrected chi connectivity index (χ1v) is 12.4. The second-order valence-electron chi connectivity index (χ2n) is 9.32. The fourth-order valence-corrected chi connectivity index (χ4v) is 4.98. The van der Waals surface area contributed by atoms with Crippen LogP contribution in [-0.4, -0.2) is 36.2 Å². The Hall–Kier alpha value is -3.47. The molecule has 0 fully saturated rings. The normalized spacial score (nSPS) is 15.0. The first-order chi connectivity index (χ1) is 16.9. The maximum Gasteiger partial charge on any atom is 0.223 e. The summed E-state index contributed by atoms with van der Waals surface area (Å²) >= 11 is 0. The van der Waals surface area contributed by atoms with Crippen molar-refractivity contribution in [3.05, 3.63) is 88.0 Å². The predicted molar refractivity (Wildman–Crippen MR) is 138 cm³/mol. The van der Waals surface area contributed by atoms with Gasteiger partial charge in [-0.3, -0.25) is 4.79 Å². The number of hydrogen-bond donors (Lipinski definition) is 1. The van der Waals surface area contributed by atoms with Crippen LogP contribution < -0.4 is 9.47 Å². The third-order valence-electron chi connectivity index (χ3n) is 6.72. The Kier molecular flexibility index (Phi) is 7.64. The van der Waals surface area contributed by atoms with E-state index in [4.69, 9.17) is 9.47 Å². The standard InChI is InChI=1S/C30H35NO4/c1-5-7-29(33)31-14-12-23-18-27(34-4)28(35-15-13-22-8-6-9-24(32)17-22)19-26(23)30(31)25-11-10-20(2)16-21(25)3/h6,8-11,16-19,30,32H,5,7,12-15H2,1-4H3. The maximum atomic E-state index is 13.2. The van der Waals surface area contributed by atoms with Crippen molar-refractivity contribution in [1.29, 1.82) is 0 Å². The summed E-state index contributed by atoms with van der Waals surface area (Å²) in [6.45, 7) is 7.39. The van der Waals surface area contributed by atoms with Crippen LogP contribution in [0.4, 0.5) is 0 Å². The van der Waals surface area contributed by atoms with Gasteiger partial charge in [-0.05, 0) is 78.8 Å². The van der Waals surface area contributed by atoms with E-state index in [0.29, 0.717) is 37.5 Å². The summed E-state index contributed by atoms with van der Waals surface area (Å²) in [6.07, 6.45) is 2.82. The highest BCUT2D eigenvalue weighted by Gasteiger charge is 2.33. The molecule has 1 heterocycles. The van der Waals surface area contributed by atoms with Gasteiger partial charge < -0.3 is 19.5 Å². The van der Waals surface area contributed by atoms with Crippen molar-refractivity contribution < 1.29 is 19.4 Å². The van der Waals surface area contributed by atoms with E-state index < -0.39 is 0 Å². The van der Waals surface area contributed by atoms with Gasteiger partial charge >= 0.3 is 0 Å². The molecule has 0 saturated carbocycles. The van der Waals surface area contributed by atoms with E-state index in [0.717, 1.165) is 29.5 Å². The highest BCUT2D eigenvalue weighted by molar-refractivity contribution is 5.78. The molecule has 5 heteroatoms. The first-order valence-electron chi connectivity index (χ1n) is 12.4. The van der Waals surface area contributed by atoms with E-state index in [-0.39, 0.29) is 17.7 Å². The number of benzene rings is 3. The lowest BCUT2D eigenvalue weighted by Gasteiger charge is -2.39. The maximum absolute atomic E-state index is 13.2. The lowest BCUT2D eigenvalue weighted by atomic mass is 9.85. The fourth-order valence-electron chi connectivity index (χ4n) is 4.98. The van der Waals surface area contributed by atoms with Gasteiger partial charge in [0.05, 0.1) is 19.8 Å². The van der Waals surface area contributed by atoms with Crippen molar-refractivity contribution in [2.45, 2.75) is 52.5 Å². The topological polar surface area (TPSA) is 59.0 Å². The highest BCUT2D eigenvalue weighted by atomic mass is 16.5. The number of fused-ring (bicyclic) bond motifs is 1. The number of methoxy groups -OCH3 is 1. The smallest absolute Gasteiger partial charge is 0.223 e. The van der Waals surface area contributed by atoms with Crippen LogP contribution in [0.1, 0.15) is 59.2 Å². The molecular formula is C30H35NO4. The zero-order chi connectivity index (χ0) is 24.9. The molecular weight excluding hydrogens is 438 g/mol. The van der Waals surface area contributed by atoms with Crippen LogP contribution >= 0.6 is 0 Å². The van der Waals surface area contributed by atoms with Crippen molar-refractivity contribution >= 4 is 5.91 Å². The minimum atomic E-state index is -0.155. The Morgan fingerprint density at radius 1 is 1.06 bits per heavy atom. The van der Waals surface area contributed by atoms with E-state index >= 15 is 0 Å². The number of aromatic hydroxyl groups is 1. The number of rotatable bonds is 8. The van der Waals surface area contributed by atoms with Crippen LogP contribution in [0.15, 0.2) is 54.6 Å². The third kappa shape index (κ3) is 5.45. The molecule has 3 aromatic carbocycles. The third-order valence-corrected chi connectivity index (χ3v) is 6.72. The van der Waals surface area contributed by atoms with Crippen LogP contribution in [0.3, 0.4) is 0 Å². The second kappa shape index (κ2) is 10.9. The molecule has 0 spiro atoms. The number of carbonyl (C=O) groups excluding carboxylic acids is 1. The summed E-state index contributed by atoms with van der Waals surface area (Å²) in [5.74, 6) is 1.81.